The average molecular weight is 271 g/mol. The molecule has 5 heteroatoms. The number of aromatic nitrogens is 2. The van der Waals surface area contributed by atoms with E-state index in [0.29, 0.717) is 6.04 Å². The molecule has 1 aromatic heterocycles. The fraction of sp³-hybridized carbons (Fsp3) is 0.769. The summed E-state index contributed by atoms with van der Waals surface area (Å²) in [5, 5.41) is 7.89. The average Bonchev–Trinajstić information content (AvgIpc) is 2.91. The van der Waals surface area contributed by atoms with E-state index in [4.69, 9.17) is 0 Å². The van der Waals surface area contributed by atoms with Crippen LogP contribution in [0, 0.1) is 11.8 Å². The molecule has 2 aliphatic rings. The summed E-state index contributed by atoms with van der Waals surface area (Å²) in [6.07, 6.45) is 4.21. The maximum absolute atomic E-state index is 4.41. The van der Waals surface area contributed by atoms with Gasteiger partial charge in [0.25, 0.3) is 0 Å². The maximum Gasteiger partial charge on any atom is 0.0534 e. The van der Waals surface area contributed by atoms with Crippen LogP contribution in [0.25, 0.3) is 0 Å². The van der Waals surface area contributed by atoms with Crippen molar-refractivity contribution in [2.75, 3.05) is 26.2 Å². The summed E-state index contributed by atoms with van der Waals surface area (Å²) in [4.78, 5) is 2.58. The minimum atomic E-state index is 0. The van der Waals surface area contributed by atoms with E-state index in [9.17, 15) is 0 Å². The molecule has 4 nitrogen and oxygen atoms in total. The van der Waals surface area contributed by atoms with Gasteiger partial charge in [0.05, 0.1) is 6.20 Å². The lowest BCUT2D eigenvalue weighted by Crippen LogP contribution is -2.25. The number of hydrogen-bond donors (Lipinski definition) is 1. The van der Waals surface area contributed by atoms with Gasteiger partial charge in [0.2, 0.25) is 0 Å². The zero-order valence-electron chi connectivity index (χ0n) is 11.2. The summed E-state index contributed by atoms with van der Waals surface area (Å²) < 4.78 is 2.05. The Morgan fingerprint density at radius 3 is 2.56 bits per heavy atom. The van der Waals surface area contributed by atoms with Crippen molar-refractivity contribution in [3.63, 3.8) is 0 Å². The molecular weight excluding hydrogens is 248 g/mol. The number of nitrogens with zero attached hydrogens (tertiary/aromatic N) is 3. The van der Waals surface area contributed by atoms with E-state index >= 15 is 0 Å². The van der Waals surface area contributed by atoms with Crippen LogP contribution in [0.3, 0.4) is 0 Å². The minimum Gasteiger partial charge on any atom is -0.316 e. The van der Waals surface area contributed by atoms with Crippen LogP contribution in [0.4, 0.5) is 0 Å². The van der Waals surface area contributed by atoms with Gasteiger partial charge in [0, 0.05) is 37.4 Å². The monoisotopic (exact) mass is 270 g/mol. The molecule has 18 heavy (non-hydrogen) atoms. The van der Waals surface area contributed by atoms with Crippen LogP contribution in [0.1, 0.15) is 25.5 Å². The van der Waals surface area contributed by atoms with Gasteiger partial charge in [-0.2, -0.15) is 5.10 Å². The zero-order chi connectivity index (χ0) is 11.8. The van der Waals surface area contributed by atoms with Gasteiger partial charge in [0.1, 0.15) is 0 Å². The van der Waals surface area contributed by atoms with Crippen LogP contribution in [-0.2, 0) is 6.54 Å². The van der Waals surface area contributed by atoms with Gasteiger partial charge < -0.3 is 5.32 Å². The van der Waals surface area contributed by atoms with Crippen LogP contribution in [0.2, 0.25) is 0 Å². The Hall–Kier alpha value is -0.580. The number of halogens is 1. The smallest absolute Gasteiger partial charge is 0.0534 e. The Morgan fingerprint density at radius 2 is 2.00 bits per heavy atom. The fourth-order valence-corrected chi connectivity index (χ4v) is 3.08. The van der Waals surface area contributed by atoms with Crippen molar-refractivity contribution in [1.82, 2.24) is 20.0 Å². The van der Waals surface area contributed by atoms with Gasteiger partial charge in [0.15, 0.2) is 0 Å². The summed E-state index contributed by atoms with van der Waals surface area (Å²) in [5.74, 6) is 1.77. The number of likely N-dealkylation sites (tertiary alicyclic amines) is 1. The molecule has 0 saturated carbocycles. The molecular formula is C13H23ClN4. The van der Waals surface area contributed by atoms with E-state index in [1.54, 1.807) is 0 Å². The fourth-order valence-electron chi connectivity index (χ4n) is 3.08. The highest BCUT2D eigenvalue weighted by Crippen LogP contribution is 2.27. The molecule has 0 spiro atoms. The standard InChI is InChI=1S/C13H22N4.ClH/c1-10(2)17-7-11(3-15-17)6-16-8-12-4-14-5-13(12)9-16;/h3,7,10,12-14H,4-6,8-9H2,1-2H3;1H/t12-,13+;. The molecule has 3 rings (SSSR count). The van der Waals surface area contributed by atoms with Crippen molar-refractivity contribution in [2.24, 2.45) is 11.8 Å². The lowest BCUT2D eigenvalue weighted by Gasteiger charge is -2.15. The number of nitrogens with one attached hydrogen (secondary N) is 1. The summed E-state index contributed by atoms with van der Waals surface area (Å²) in [5.41, 5.74) is 1.35. The lowest BCUT2D eigenvalue weighted by atomic mass is 10.0. The van der Waals surface area contributed by atoms with Gasteiger partial charge in [-0.1, -0.05) is 0 Å². The first-order valence-electron chi connectivity index (χ1n) is 6.68. The Labute approximate surface area is 115 Å². The van der Waals surface area contributed by atoms with E-state index in [2.05, 4.69) is 35.4 Å². The summed E-state index contributed by atoms with van der Waals surface area (Å²) in [6.45, 7) is 10.3. The van der Waals surface area contributed by atoms with Crippen LogP contribution >= 0.6 is 12.4 Å². The highest BCUT2D eigenvalue weighted by molar-refractivity contribution is 5.85. The molecule has 2 aliphatic heterocycles. The predicted octanol–water partition coefficient (Wildman–Crippen LogP) is 1.54. The van der Waals surface area contributed by atoms with Crippen molar-refractivity contribution in [1.29, 1.82) is 0 Å². The van der Waals surface area contributed by atoms with Crippen LogP contribution in [0.15, 0.2) is 12.4 Å². The second-order valence-corrected chi connectivity index (χ2v) is 5.79. The quantitative estimate of drug-likeness (QED) is 0.905. The van der Waals surface area contributed by atoms with E-state index < -0.39 is 0 Å². The Kier molecular flexibility index (Phi) is 4.30. The van der Waals surface area contributed by atoms with Crippen LogP contribution < -0.4 is 5.32 Å². The van der Waals surface area contributed by atoms with Gasteiger partial charge in [-0.3, -0.25) is 9.58 Å². The first kappa shape index (κ1) is 13.8. The molecule has 1 aromatic rings. The molecule has 0 aliphatic carbocycles. The topological polar surface area (TPSA) is 33.1 Å². The molecule has 3 heterocycles. The second-order valence-electron chi connectivity index (χ2n) is 5.79. The second kappa shape index (κ2) is 5.59. The number of rotatable bonds is 3. The SMILES string of the molecule is CC(C)n1cc(CN2C[C@H]3CNC[C@H]3C2)cn1.Cl. The third kappa shape index (κ3) is 2.71. The molecule has 2 fully saturated rings. The van der Waals surface area contributed by atoms with E-state index in [1.165, 1.54) is 31.7 Å². The van der Waals surface area contributed by atoms with Crippen molar-refractivity contribution >= 4 is 12.4 Å². The molecule has 0 amide bonds. The number of fused-ring (bicyclic) bond motifs is 1. The predicted molar refractivity (Wildman–Crippen MR) is 75.0 cm³/mol. The van der Waals surface area contributed by atoms with Crippen LogP contribution in [0.5, 0.6) is 0 Å². The minimum absolute atomic E-state index is 0. The van der Waals surface area contributed by atoms with E-state index in [1.807, 2.05) is 10.9 Å². The molecule has 0 aromatic carbocycles. The van der Waals surface area contributed by atoms with E-state index in [0.717, 1.165) is 18.4 Å². The zero-order valence-corrected chi connectivity index (χ0v) is 12.0. The summed E-state index contributed by atoms with van der Waals surface area (Å²) >= 11 is 0. The maximum atomic E-state index is 4.41. The molecule has 0 radical (unpaired) electrons. The normalized spacial score (nSPS) is 27.5. The number of hydrogen-bond acceptors (Lipinski definition) is 3. The first-order valence-corrected chi connectivity index (χ1v) is 6.68. The van der Waals surface area contributed by atoms with Crippen LogP contribution in [-0.4, -0.2) is 40.9 Å². The highest BCUT2D eigenvalue weighted by atomic mass is 35.5. The summed E-state index contributed by atoms with van der Waals surface area (Å²) in [6, 6.07) is 0.464. The third-order valence-electron chi connectivity index (χ3n) is 4.06. The van der Waals surface area contributed by atoms with Crippen molar-refractivity contribution < 1.29 is 0 Å². The molecule has 1 N–H and O–H groups in total. The Bertz CT molecular complexity index is 378. The van der Waals surface area contributed by atoms with Gasteiger partial charge in [-0.15, -0.1) is 12.4 Å². The molecule has 2 atom stereocenters. The largest absolute Gasteiger partial charge is 0.316 e. The molecule has 2 saturated heterocycles. The summed E-state index contributed by atoms with van der Waals surface area (Å²) in [7, 11) is 0. The highest BCUT2D eigenvalue weighted by Gasteiger charge is 2.35. The molecule has 0 bridgehead atoms. The molecule has 0 unspecified atom stereocenters. The van der Waals surface area contributed by atoms with Crippen molar-refractivity contribution in [3.05, 3.63) is 18.0 Å². The first-order chi connectivity index (χ1) is 8.22. The Morgan fingerprint density at radius 1 is 1.33 bits per heavy atom. The van der Waals surface area contributed by atoms with Gasteiger partial charge in [-0.25, -0.2) is 0 Å². The third-order valence-corrected chi connectivity index (χ3v) is 4.06. The van der Waals surface area contributed by atoms with Crippen molar-refractivity contribution in [2.45, 2.75) is 26.4 Å². The van der Waals surface area contributed by atoms with Crippen molar-refractivity contribution in [3.8, 4) is 0 Å². The molecule has 102 valence electrons. The van der Waals surface area contributed by atoms with Gasteiger partial charge in [-0.05, 0) is 38.8 Å². The van der Waals surface area contributed by atoms with Gasteiger partial charge >= 0.3 is 0 Å². The lowest BCUT2D eigenvalue weighted by molar-refractivity contribution is 0.305. The van der Waals surface area contributed by atoms with E-state index in [-0.39, 0.29) is 12.4 Å². The Balaban J connectivity index is 0.00000120.